The molecule has 1 unspecified atom stereocenters. The van der Waals surface area contributed by atoms with Crippen LogP contribution in [0.5, 0.6) is 0 Å². The molecule has 1 aliphatic rings. The van der Waals surface area contributed by atoms with Gasteiger partial charge in [-0.1, -0.05) is 12.1 Å². The minimum absolute atomic E-state index is 0.0133. The number of anilines is 1. The van der Waals surface area contributed by atoms with Gasteiger partial charge in [0.1, 0.15) is 25.3 Å². The van der Waals surface area contributed by atoms with E-state index in [2.05, 4.69) is 11.4 Å². The number of quaternary nitrogens is 1. The molecule has 2 rings (SSSR count). The third kappa shape index (κ3) is 4.85. The number of nitriles is 1. The number of amides is 1. The molecule has 5 nitrogen and oxygen atoms in total. The Bertz CT molecular complexity index is 511. The number of hydrogen-bond donors (Lipinski definition) is 2. The number of ether oxygens (including phenoxy) is 1. The first-order chi connectivity index (χ1) is 10.1. The van der Waals surface area contributed by atoms with E-state index in [1.54, 1.807) is 0 Å². The molecular weight excluding hydrogens is 266 g/mol. The van der Waals surface area contributed by atoms with Crippen molar-refractivity contribution in [3.8, 4) is 6.07 Å². The van der Waals surface area contributed by atoms with Gasteiger partial charge in [-0.2, -0.15) is 5.26 Å². The molecule has 1 saturated heterocycles. The summed E-state index contributed by atoms with van der Waals surface area (Å²) in [7, 11) is 0. The smallest absolute Gasteiger partial charge is 0.279 e. The molecule has 2 N–H and O–H groups in total. The molecule has 0 aliphatic carbocycles. The van der Waals surface area contributed by atoms with Crippen LogP contribution >= 0.6 is 0 Å². The van der Waals surface area contributed by atoms with Crippen molar-refractivity contribution < 1.29 is 14.4 Å². The van der Waals surface area contributed by atoms with Gasteiger partial charge in [-0.3, -0.25) is 4.79 Å². The summed E-state index contributed by atoms with van der Waals surface area (Å²) in [6, 6.07) is 9.51. The standard InChI is InChI=1S/C16H21N3O2/c1-12-9-19(10-13(2)21-12)11-16(20)18-15-5-3-14(4-6-15)7-8-17/h3-6,12-13H,7,9-11H2,1-2H3,(H,18,20)/p+1/t12-,13+. The van der Waals surface area contributed by atoms with E-state index in [1.807, 2.05) is 38.1 Å². The zero-order valence-electron chi connectivity index (χ0n) is 12.6. The predicted molar refractivity (Wildman–Crippen MR) is 80.0 cm³/mol. The number of carbonyl (C=O) groups is 1. The maximum atomic E-state index is 12.1. The first-order valence-corrected chi connectivity index (χ1v) is 7.31. The molecule has 0 spiro atoms. The van der Waals surface area contributed by atoms with Crippen LogP contribution in [0, 0.1) is 11.3 Å². The van der Waals surface area contributed by atoms with Gasteiger partial charge < -0.3 is 15.0 Å². The van der Waals surface area contributed by atoms with E-state index in [4.69, 9.17) is 10.00 Å². The van der Waals surface area contributed by atoms with Gasteiger partial charge in [-0.05, 0) is 31.5 Å². The quantitative estimate of drug-likeness (QED) is 0.842. The van der Waals surface area contributed by atoms with Crippen LogP contribution in [0.4, 0.5) is 5.69 Å². The van der Waals surface area contributed by atoms with Crippen LogP contribution in [0.2, 0.25) is 0 Å². The van der Waals surface area contributed by atoms with Crippen LogP contribution in [-0.4, -0.2) is 37.7 Å². The van der Waals surface area contributed by atoms with E-state index in [0.717, 1.165) is 24.3 Å². The van der Waals surface area contributed by atoms with Gasteiger partial charge in [0.15, 0.2) is 6.54 Å². The van der Waals surface area contributed by atoms with Gasteiger partial charge in [0, 0.05) is 5.69 Å². The fourth-order valence-electron chi connectivity index (χ4n) is 2.76. The first-order valence-electron chi connectivity index (χ1n) is 7.31. The highest BCUT2D eigenvalue weighted by Gasteiger charge is 2.27. The van der Waals surface area contributed by atoms with E-state index in [9.17, 15) is 4.79 Å². The summed E-state index contributed by atoms with van der Waals surface area (Å²) >= 11 is 0. The zero-order valence-corrected chi connectivity index (χ0v) is 12.6. The van der Waals surface area contributed by atoms with Gasteiger partial charge >= 0.3 is 0 Å². The van der Waals surface area contributed by atoms with Crippen LogP contribution in [0.1, 0.15) is 19.4 Å². The van der Waals surface area contributed by atoms with E-state index in [0.29, 0.717) is 13.0 Å². The van der Waals surface area contributed by atoms with Crippen LogP contribution in [-0.2, 0) is 16.0 Å². The number of morpholine rings is 1. The van der Waals surface area contributed by atoms with Gasteiger partial charge in [0.25, 0.3) is 5.91 Å². The fraction of sp³-hybridized carbons (Fsp3) is 0.500. The molecule has 1 fully saturated rings. The van der Waals surface area contributed by atoms with Crippen LogP contribution in [0.25, 0.3) is 0 Å². The maximum absolute atomic E-state index is 12.1. The van der Waals surface area contributed by atoms with E-state index < -0.39 is 0 Å². The minimum atomic E-state index is 0.0133. The minimum Gasteiger partial charge on any atom is -0.364 e. The lowest BCUT2D eigenvalue weighted by Crippen LogP contribution is -3.16. The Hall–Kier alpha value is -1.90. The summed E-state index contributed by atoms with van der Waals surface area (Å²) in [6.07, 6.45) is 0.783. The zero-order chi connectivity index (χ0) is 15.2. The van der Waals surface area contributed by atoms with Crippen molar-refractivity contribution in [2.45, 2.75) is 32.5 Å². The number of rotatable bonds is 4. The second-order valence-electron chi connectivity index (χ2n) is 5.67. The number of carbonyl (C=O) groups excluding carboxylic acids is 1. The van der Waals surface area contributed by atoms with Crippen LogP contribution in [0.15, 0.2) is 24.3 Å². The molecule has 1 amide bonds. The summed E-state index contributed by atoms with van der Waals surface area (Å²) in [4.78, 5) is 13.3. The third-order valence-electron chi connectivity index (χ3n) is 3.55. The Morgan fingerprint density at radius 3 is 2.52 bits per heavy atom. The molecule has 21 heavy (non-hydrogen) atoms. The third-order valence-corrected chi connectivity index (χ3v) is 3.55. The molecule has 0 bridgehead atoms. The molecule has 0 saturated carbocycles. The van der Waals surface area contributed by atoms with Crippen molar-refractivity contribution in [1.29, 1.82) is 5.26 Å². The summed E-state index contributed by atoms with van der Waals surface area (Å²) in [6.45, 7) is 6.26. The van der Waals surface area contributed by atoms with E-state index in [-0.39, 0.29) is 18.1 Å². The van der Waals surface area contributed by atoms with Crippen molar-refractivity contribution in [2.75, 3.05) is 25.0 Å². The fourth-order valence-corrected chi connectivity index (χ4v) is 2.76. The second-order valence-corrected chi connectivity index (χ2v) is 5.67. The first kappa shape index (κ1) is 15.5. The van der Waals surface area contributed by atoms with E-state index >= 15 is 0 Å². The van der Waals surface area contributed by atoms with Crippen molar-refractivity contribution in [3.63, 3.8) is 0 Å². The molecule has 0 radical (unpaired) electrons. The van der Waals surface area contributed by atoms with Gasteiger partial charge in [-0.25, -0.2) is 0 Å². The Morgan fingerprint density at radius 2 is 1.95 bits per heavy atom. The lowest BCUT2D eigenvalue weighted by atomic mass is 10.1. The summed E-state index contributed by atoms with van der Waals surface area (Å²) in [5, 5.41) is 11.5. The lowest BCUT2D eigenvalue weighted by molar-refractivity contribution is -0.907. The molecule has 1 aromatic rings. The largest absolute Gasteiger partial charge is 0.364 e. The number of hydrogen-bond acceptors (Lipinski definition) is 3. The van der Waals surface area contributed by atoms with Gasteiger partial charge in [0.05, 0.1) is 12.5 Å². The van der Waals surface area contributed by atoms with Gasteiger partial charge in [-0.15, -0.1) is 0 Å². The summed E-state index contributed by atoms with van der Waals surface area (Å²) in [5.74, 6) is 0.0133. The van der Waals surface area contributed by atoms with Crippen molar-refractivity contribution in [1.82, 2.24) is 0 Å². The molecule has 112 valence electrons. The highest BCUT2D eigenvalue weighted by Crippen LogP contribution is 2.09. The molecule has 1 aromatic carbocycles. The average molecular weight is 288 g/mol. The highest BCUT2D eigenvalue weighted by molar-refractivity contribution is 5.91. The SMILES string of the molecule is C[C@@H]1C[NH+](CC(=O)Nc2ccc(CC#N)cc2)C[C@H](C)O1. The Kier molecular flexibility index (Phi) is 5.32. The molecule has 1 heterocycles. The second kappa shape index (κ2) is 7.21. The topological polar surface area (TPSA) is 66.6 Å². The van der Waals surface area contributed by atoms with Crippen LogP contribution < -0.4 is 10.2 Å². The average Bonchev–Trinajstić information content (AvgIpc) is 2.40. The molecule has 3 atom stereocenters. The highest BCUT2D eigenvalue weighted by atomic mass is 16.5. The Morgan fingerprint density at radius 1 is 1.33 bits per heavy atom. The molecule has 0 aromatic heterocycles. The van der Waals surface area contributed by atoms with E-state index in [1.165, 1.54) is 4.90 Å². The number of nitrogens with one attached hydrogen (secondary N) is 2. The summed E-state index contributed by atoms with van der Waals surface area (Å²) < 4.78 is 5.67. The number of benzene rings is 1. The normalized spacial score (nSPS) is 25.1. The molecular formula is C16H22N3O2+. The van der Waals surface area contributed by atoms with Crippen molar-refractivity contribution >= 4 is 11.6 Å². The monoisotopic (exact) mass is 288 g/mol. The maximum Gasteiger partial charge on any atom is 0.279 e. The van der Waals surface area contributed by atoms with Crippen molar-refractivity contribution in [3.05, 3.63) is 29.8 Å². The molecule has 1 aliphatic heterocycles. The lowest BCUT2D eigenvalue weighted by Gasteiger charge is -2.31. The Balaban J connectivity index is 1.85. The van der Waals surface area contributed by atoms with Crippen molar-refractivity contribution in [2.24, 2.45) is 0 Å². The number of nitrogens with zero attached hydrogens (tertiary/aromatic N) is 1. The molecule has 5 heteroatoms. The van der Waals surface area contributed by atoms with Crippen LogP contribution in [0.3, 0.4) is 0 Å². The predicted octanol–water partition coefficient (Wildman–Crippen LogP) is 0.383. The van der Waals surface area contributed by atoms with Gasteiger partial charge in [0.2, 0.25) is 0 Å². The Labute approximate surface area is 125 Å². The summed E-state index contributed by atoms with van der Waals surface area (Å²) in [5.41, 5.74) is 1.73.